The lowest BCUT2D eigenvalue weighted by Gasteiger charge is -2.24. The van der Waals surface area contributed by atoms with Gasteiger partial charge in [-0.25, -0.2) is 0 Å². The lowest BCUT2D eigenvalue weighted by atomic mass is 9.99. The first kappa shape index (κ1) is 54.7. The van der Waals surface area contributed by atoms with E-state index >= 15 is 0 Å². The number of ether oxygens (including phenoxy) is 1. The fourth-order valence-electron chi connectivity index (χ4n) is 7.54. The second-order valence-corrected chi connectivity index (χ2v) is 17.0. The van der Waals surface area contributed by atoms with Crippen molar-refractivity contribution in [3.63, 3.8) is 0 Å². The molecule has 0 aliphatic carbocycles. The molecule has 0 aliphatic rings. The predicted molar refractivity (Wildman–Crippen MR) is 243 cm³/mol. The molecule has 0 rings (SSSR count). The van der Waals surface area contributed by atoms with E-state index in [-0.39, 0.29) is 11.9 Å². The maximum Gasteiger partial charge on any atom is 0.305 e. The number of hydrogen-bond acceptors (Lipinski definition) is 6. The fraction of sp³-hybridized carbons (Fsp3) is 0.917. The van der Waals surface area contributed by atoms with Crippen LogP contribution in [0, 0.1) is 11.5 Å². The number of amides is 1. The Hall–Kier alpha value is -2.34. The molecule has 0 aliphatic heterocycles. The monoisotopic (exact) mass is 803 g/mol. The van der Waals surface area contributed by atoms with Gasteiger partial charge in [-0.2, -0.15) is 5.26 Å². The summed E-state index contributed by atoms with van der Waals surface area (Å²) in [6, 6.07) is 0.350. The zero-order valence-electron chi connectivity index (χ0n) is 38.5. The number of guanidine groups is 1. The summed E-state index contributed by atoms with van der Waals surface area (Å²) in [4.78, 5) is 33.4. The van der Waals surface area contributed by atoms with Crippen molar-refractivity contribution in [3.8, 4) is 6.19 Å². The molecule has 0 aromatic heterocycles. The molecule has 2 N–H and O–H groups in total. The Morgan fingerprint density at radius 1 is 0.579 bits per heavy atom. The molecule has 0 unspecified atom stereocenters. The zero-order chi connectivity index (χ0) is 41.9. The van der Waals surface area contributed by atoms with Crippen LogP contribution in [0.5, 0.6) is 0 Å². The van der Waals surface area contributed by atoms with Crippen LogP contribution in [0.3, 0.4) is 0 Å². The van der Waals surface area contributed by atoms with Crippen LogP contribution in [-0.4, -0.2) is 80.6 Å². The van der Waals surface area contributed by atoms with E-state index < -0.39 is 0 Å². The van der Waals surface area contributed by atoms with Crippen molar-refractivity contribution in [1.29, 1.82) is 5.26 Å². The standard InChI is InChI=1S/C48H94N6O3/c1-6-9-12-15-18-27-34-43-57-47(56)38-31-24-20-26-33-41-54(42-39-50-48(51-44-49)53(4)5)40-32-25-19-23-30-37-46(55)52-45(35-28-21-16-13-10-7-2)36-29-22-17-14-11-8-3/h45H,6-43H2,1-5H3,(H,50,51)(H,52,55). The molecular formula is C48H94N6O3. The number of aliphatic imine (C=N–C) groups is 1. The highest BCUT2D eigenvalue weighted by atomic mass is 16.5. The third kappa shape index (κ3) is 38.9. The van der Waals surface area contributed by atoms with Crippen molar-refractivity contribution in [2.75, 3.05) is 46.9 Å². The van der Waals surface area contributed by atoms with Gasteiger partial charge in [-0.1, -0.05) is 175 Å². The van der Waals surface area contributed by atoms with Gasteiger partial charge < -0.3 is 25.2 Å². The van der Waals surface area contributed by atoms with Crippen LogP contribution in [0.25, 0.3) is 0 Å². The number of carbonyl (C=O) groups excluding carboxylic acids is 2. The van der Waals surface area contributed by atoms with Gasteiger partial charge in [0.2, 0.25) is 18.1 Å². The molecule has 0 fully saturated rings. The Morgan fingerprint density at radius 2 is 1.02 bits per heavy atom. The average Bonchev–Trinajstić information content (AvgIpc) is 3.19. The predicted octanol–water partition coefficient (Wildman–Crippen LogP) is 12.2. The van der Waals surface area contributed by atoms with E-state index in [2.05, 4.69) is 41.3 Å². The average molecular weight is 803 g/mol. The summed E-state index contributed by atoms with van der Waals surface area (Å²) >= 11 is 0. The summed E-state index contributed by atoms with van der Waals surface area (Å²) in [5.41, 5.74) is 0. The Kier molecular flexibility index (Phi) is 41.5. The summed E-state index contributed by atoms with van der Waals surface area (Å²) < 4.78 is 5.45. The molecule has 0 aromatic rings. The SMILES string of the molecule is CCCCCCCCCOC(=O)CCCCCCCN(CCCCCCCC(=O)NC(CCCCCCCC)CCCCCCCC)CCN/C(=N/C#N)N(C)C. The Morgan fingerprint density at radius 3 is 1.51 bits per heavy atom. The van der Waals surface area contributed by atoms with Crippen LogP contribution in [0.1, 0.15) is 233 Å². The van der Waals surface area contributed by atoms with Crippen LogP contribution >= 0.6 is 0 Å². The lowest BCUT2D eigenvalue weighted by Crippen LogP contribution is -2.41. The maximum atomic E-state index is 12.9. The Labute approximate surface area is 353 Å². The van der Waals surface area contributed by atoms with Crippen LogP contribution in [0.15, 0.2) is 4.99 Å². The van der Waals surface area contributed by atoms with Gasteiger partial charge in [-0.15, -0.1) is 4.99 Å². The van der Waals surface area contributed by atoms with Crippen LogP contribution in [0.4, 0.5) is 0 Å². The van der Waals surface area contributed by atoms with Gasteiger partial charge in [0.1, 0.15) is 0 Å². The molecule has 0 bridgehead atoms. The number of rotatable bonds is 42. The van der Waals surface area contributed by atoms with Crippen molar-refractivity contribution >= 4 is 17.8 Å². The Bertz CT molecular complexity index is 952. The summed E-state index contributed by atoms with van der Waals surface area (Å²) in [5.74, 6) is 0.816. The number of esters is 1. The highest BCUT2D eigenvalue weighted by Crippen LogP contribution is 2.16. The second-order valence-electron chi connectivity index (χ2n) is 17.0. The van der Waals surface area contributed by atoms with Crippen LogP contribution < -0.4 is 10.6 Å². The van der Waals surface area contributed by atoms with Gasteiger partial charge in [0.15, 0.2) is 0 Å². The van der Waals surface area contributed by atoms with Crippen LogP contribution in [-0.2, 0) is 14.3 Å². The molecule has 0 radical (unpaired) electrons. The topological polar surface area (TPSA) is 110 Å². The van der Waals surface area contributed by atoms with Gasteiger partial charge in [-0.3, -0.25) is 9.59 Å². The van der Waals surface area contributed by atoms with E-state index in [4.69, 9.17) is 10.00 Å². The van der Waals surface area contributed by atoms with E-state index in [1.165, 1.54) is 122 Å². The third-order valence-electron chi connectivity index (χ3n) is 11.2. The number of nitrogens with one attached hydrogen (secondary N) is 2. The number of carbonyl (C=O) groups is 2. The van der Waals surface area contributed by atoms with E-state index in [1.807, 2.05) is 25.2 Å². The van der Waals surface area contributed by atoms with E-state index in [0.29, 0.717) is 31.4 Å². The molecular weight excluding hydrogens is 709 g/mol. The zero-order valence-corrected chi connectivity index (χ0v) is 38.5. The number of nitriles is 1. The molecule has 0 saturated carbocycles. The first-order valence-electron chi connectivity index (χ1n) is 24.4. The van der Waals surface area contributed by atoms with E-state index in [0.717, 1.165) is 103 Å². The van der Waals surface area contributed by atoms with Gasteiger partial charge in [0.25, 0.3) is 0 Å². The van der Waals surface area contributed by atoms with Crippen molar-refractivity contribution in [3.05, 3.63) is 0 Å². The molecule has 0 aromatic carbocycles. The van der Waals surface area contributed by atoms with Crippen molar-refractivity contribution in [1.82, 2.24) is 20.4 Å². The van der Waals surface area contributed by atoms with E-state index in [1.54, 1.807) is 0 Å². The smallest absolute Gasteiger partial charge is 0.305 e. The minimum atomic E-state index is -0.0359. The molecule has 1 amide bonds. The third-order valence-corrected chi connectivity index (χ3v) is 11.2. The number of nitrogens with zero attached hydrogens (tertiary/aromatic N) is 4. The van der Waals surface area contributed by atoms with Crippen molar-refractivity contribution < 1.29 is 14.3 Å². The van der Waals surface area contributed by atoms with Gasteiger partial charge in [-0.05, 0) is 58.0 Å². The fourth-order valence-corrected chi connectivity index (χ4v) is 7.54. The van der Waals surface area contributed by atoms with Crippen molar-refractivity contribution in [2.45, 2.75) is 239 Å². The molecule has 0 saturated heterocycles. The first-order valence-corrected chi connectivity index (χ1v) is 24.4. The normalized spacial score (nSPS) is 11.6. The highest BCUT2D eigenvalue weighted by molar-refractivity contribution is 5.80. The van der Waals surface area contributed by atoms with Crippen LogP contribution in [0.2, 0.25) is 0 Å². The first-order chi connectivity index (χ1) is 27.9. The van der Waals surface area contributed by atoms with Crippen molar-refractivity contribution in [2.24, 2.45) is 4.99 Å². The minimum Gasteiger partial charge on any atom is -0.466 e. The summed E-state index contributed by atoms with van der Waals surface area (Å²) in [6.07, 6.45) is 40.7. The molecule has 0 heterocycles. The number of unbranched alkanes of at least 4 members (excludes halogenated alkanes) is 24. The summed E-state index contributed by atoms with van der Waals surface area (Å²) in [6.45, 7) is 11.1. The molecule has 9 nitrogen and oxygen atoms in total. The quantitative estimate of drug-likeness (QED) is 0.0208. The minimum absolute atomic E-state index is 0.0359. The lowest BCUT2D eigenvalue weighted by molar-refractivity contribution is -0.143. The molecule has 0 spiro atoms. The number of hydrogen-bond donors (Lipinski definition) is 2. The molecule has 9 heteroatoms. The Balaban J connectivity index is 4.46. The van der Waals surface area contributed by atoms with E-state index in [9.17, 15) is 9.59 Å². The van der Waals surface area contributed by atoms with Gasteiger partial charge >= 0.3 is 5.97 Å². The largest absolute Gasteiger partial charge is 0.466 e. The summed E-state index contributed by atoms with van der Waals surface area (Å²) in [5, 5.41) is 15.8. The molecule has 57 heavy (non-hydrogen) atoms. The second kappa shape index (κ2) is 43.2. The summed E-state index contributed by atoms with van der Waals surface area (Å²) in [7, 11) is 3.79. The maximum absolute atomic E-state index is 12.9. The van der Waals surface area contributed by atoms with Gasteiger partial charge in [0, 0.05) is 46.1 Å². The molecule has 0 atom stereocenters. The highest BCUT2D eigenvalue weighted by Gasteiger charge is 2.13. The van der Waals surface area contributed by atoms with Gasteiger partial charge in [0.05, 0.1) is 6.61 Å². The molecule has 334 valence electrons.